The van der Waals surface area contributed by atoms with E-state index in [9.17, 15) is 37.1 Å². The number of rotatable bonds is 21. The van der Waals surface area contributed by atoms with Gasteiger partial charge in [0.2, 0.25) is 5.91 Å². The second-order valence-corrected chi connectivity index (χ2v) is 19.9. The van der Waals surface area contributed by atoms with Crippen molar-refractivity contribution < 1.29 is 56.1 Å². The summed E-state index contributed by atoms with van der Waals surface area (Å²) in [6, 6.07) is 43.1. The zero-order valence-electron chi connectivity index (χ0n) is 43.5. The molecule has 0 saturated carbocycles. The van der Waals surface area contributed by atoms with Gasteiger partial charge >= 0.3 is 17.9 Å². The Morgan fingerprint density at radius 1 is 0.744 bits per heavy atom. The number of esters is 3. The quantitative estimate of drug-likeness (QED) is 0.0322. The maximum Gasteiger partial charge on any atom is 0.309 e. The van der Waals surface area contributed by atoms with Gasteiger partial charge in [0, 0.05) is 55.4 Å². The summed E-state index contributed by atoms with van der Waals surface area (Å²) in [7, 11) is 0. The maximum atomic E-state index is 14.5. The first-order chi connectivity index (χ1) is 37.7. The number of carbonyl (C=O) groups is 5. The standard InChI is InChI=1S/C63H60F3N3O9/c1-39(2)59-58(62(73)67-48-13-8-5-9-14-48)57(42-11-6-4-7-12-42)61(44-18-24-46(65)25-19-44)68(59)35-34-51-37-52(38-56(72)77-51)78-55(71)15-10-36-75-50-30-20-43(21-31-50)60-53(63(74)69(60)49-28-26-47(66)27-29-49)32-33-54(76-40(3)70)41-16-22-45(64)23-17-41/h4-9,11-14,16-31,39,51-54,60H,10,15,32-38H2,1-3H3,(H,67,73)/t51?,52?,53-,54+,60-/m1/s1. The normalized spacial score (nSPS) is 17.4. The van der Waals surface area contributed by atoms with Gasteiger partial charge in [0.05, 0.1) is 36.2 Å². The van der Waals surface area contributed by atoms with Gasteiger partial charge in [-0.15, -0.1) is 0 Å². The molecule has 2 aliphatic heterocycles. The number of β-lactam (4-membered cyclic amide) rings is 1. The van der Waals surface area contributed by atoms with Crippen LogP contribution in [0.4, 0.5) is 24.5 Å². The number of cyclic esters (lactones) is 1. The molecule has 1 aromatic heterocycles. The van der Waals surface area contributed by atoms with Crippen LogP contribution in [0.15, 0.2) is 158 Å². The molecule has 78 heavy (non-hydrogen) atoms. The Morgan fingerprint density at radius 2 is 1.37 bits per heavy atom. The number of anilines is 2. The first kappa shape index (κ1) is 54.3. The molecule has 2 amide bonds. The van der Waals surface area contributed by atoms with Crippen LogP contribution in [0.3, 0.4) is 0 Å². The van der Waals surface area contributed by atoms with E-state index in [-0.39, 0.29) is 43.6 Å². The van der Waals surface area contributed by atoms with Gasteiger partial charge in [-0.2, -0.15) is 0 Å². The highest BCUT2D eigenvalue weighted by molar-refractivity contribution is 6.12. The van der Waals surface area contributed by atoms with Gasteiger partial charge in [0.25, 0.3) is 5.91 Å². The van der Waals surface area contributed by atoms with Gasteiger partial charge in [-0.25, -0.2) is 13.2 Å². The van der Waals surface area contributed by atoms with E-state index in [0.29, 0.717) is 77.3 Å². The fraction of sp³-hybridized carbons (Fsp3) is 0.286. The topological polar surface area (TPSA) is 142 Å². The van der Waals surface area contributed by atoms with E-state index in [0.717, 1.165) is 16.8 Å². The number of nitrogens with one attached hydrogen (secondary N) is 1. The number of ether oxygens (including phenoxy) is 4. The highest BCUT2D eigenvalue weighted by Crippen LogP contribution is 2.47. The highest BCUT2D eigenvalue weighted by Gasteiger charge is 2.48. The number of halogens is 3. The lowest BCUT2D eigenvalue weighted by Gasteiger charge is -2.48. The molecule has 0 bridgehead atoms. The number of benzene rings is 6. The fourth-order valence-corrected chi connectivity index (χ4v) is 10.6. The van der Waals surface area contributed by atoms with Gasteiger partial charge in [-0.05, 0) is 132 Å². The van der Waals surface area contributed by atoms with Crippen molar-refractivity contribution in [3.63, 3.8) is 0 Å². The summed E-state index contributed by atoms with van der Waals surface area (Å²) in [5.41, 5.74) is 6.69. The molecule has 0 radical (unpaired) electrons. The Kier molecular flexibility index (Phi) is 17.2. The molecule has 2 unspecified atom stereocenters. The molecule has 12 nitrogen and oxygen atoms in total. The highest BCUT2D eigenvalue weighted by atomic mass is 19.1. The second kappa shape index (κ2) is 24.7. The minimum atomic E-state index is -0.720. The van der Waals surface area contributed by atoms with Crippen LogP contribution in [0, 0.1) is 23.4 Å². The van der Waals surface area contributed by atoms with Crippen molar-refractivity contribution in [1.29, 1.82) is 0 Å². The Hall–Kier alpha value is -8.46. The molecule has 9 rings (SSSR count). The second-order valence-electron chi connectivity index (χ2n) is 19.9. The summed E-state index contributed by atoms with van der Waals surface area (Å²) in [5.74, 6) is -3.37. The number of hydrogen-bond acceptors (Lipinski definition) is 9. The molecule has 0 aliphatic carbocycles. The van der Waals surface area contributed by atoms with Gasteiger partial charge in [0.15, 0.2) is 0 Å². The minimum absolute atomic E-state index is 0.0251. The van der Waals surface area contributed by atoms with E-state index in [1.165, 1.54) is 43.3 Å². The third-order valence-electron chi connectivity index (χ3n) is 14.1. The molecule has 2 fully saturated rings. The van der Waals surface area contributed by atoms with Crippen LogP contribution in [0.5, 0.6) is 5.75 Å². The summed E-state index contributed by atoms with van der Waals surface area (Å²) in [6.45, 7) is 5.82. The monoisotopic (exact) mass is 1060 g/mol. The number of aromatic nitrogens is 1. The SMILES string of the molecule is CC(=O)O[C@@H](CC[C@H]1C(=O)N(c2ccc(F)cc2)[C@@H]1c1ccc(OCCCC(=O)OC2CC(=O)OC(CCn3c(-c4ccc(F)cc4)c(-c4ccccc4)c(C(=O)Nc4ccccc4)c3C(C)C)C2)cc1)c1ccc(F)cc1. The third kappa shape index (κ3) is 12.9. The largest absolute Gasteiger partial charge is 0.494 e. The predicted molar refractivity (Wildman–Crippen MR) is 289 cm³/mol. The molecule has 6 aromatic carbocycles. The lowest BCUT2D eigenvalue weighted by Crippen LogP contribution is -2.55. The van der Waals surface area contributed by atoms with Crippen molar-refractivity contribution in [1.82, 2.24) is 4.57 Å². The number of hydrogen-bond donors (Lipinski definition) is 1. The molecule has 1 N–H and O–H groups in total. The van der Waals surface area contributed by atoms with Crippen LogP contribution < -0.4 is 15.0 Å². The molecule has 2 aliphatic rings. The van der Waals surface area contributed by atoms with Gasteiger partial charge < -0.3 is 33.7 Å². The van der Waals surface area contributed by atoms with Gasteiger partial charge in [-0.1, -0.05) is 86.6 Å². The van der Waals surface area contributed by atoms with Crippen LogP contribution in [0.25, 0.3) is 22.4 Å². The van der Waals surface area contributed by atoms with E-state index in [1.54, 1.807) is 53.4 Å². The Morgan fingerprint density at radius 3 is 2.01 bits per heavy atom. The zero-order chi connectivity index (χ0) is 54.9. The van der Waals surface area contributed by atoms with E-state index in [4.69, 9.17) is 18.9 Å². The molecule has 5 atom stereocenters. The van der Waals surface area contributed by atoms with E-state index < -0.39 is 65.6 Å². The number of para-hydroxylation sites is 1. The smallest absolute Gasteiger partial charge is 0.309 e. The van der Waals surface area contributed by atoms with Crippen LogP contribution in [-0.4, -0.2) is 53.1 Å². The predicted octanol–water partition coefficient (Wildman–Crippen LogP) is 13.3. The van der Waals surface area contributed by atoms with Crippen LogP contribution in [0.1, 0.15) is 111 Å². The summed E-state index contributed by atoms with van der Waals surface area (Å²) in [4.78, 5) is 68.3. The zero-order valence-corrected chi connectivity index (χ0v) is 43.5. The third-order valence-corrected chi connectivity index (χ3v) is 14.1. The lowest BCUT2D eigenvalue weighted by atomic mass is 9.78. The molecular weight excluding hydrogens is 1000 g/mol. The van der Waals surface area contributed by atoms with Crippen molar-refractivity contribution in [2.24, 2.45) is 5.92 Å². The molecule has 402 valence electrons. The average molecular weight is 1060 g/mol. The van der Waals surface area contributed by atoms with Crippen molar-refractivity contribution >= 4 is 41.1 Å². The van der Waals surface area contributed by atoms with E-state index in [2.05, 4.69) is 9.88 Å². The summed E-state index contributed by atoms with van der Waals surface area (Å²) >= 11 is 0. The van der Waals surface area contributed by atoms with Gasteiger partial charge in [-0.3, -0.25) is 24.0 Å². The number of carbonyl (C=O) groups excluding carboxylic acids is 5. The van der Waals surface area contributed by atoms with Crippen molar-refractivity contribution in [3.8, 4) is 28.1 Å². The maximum absolute atomic E-state index is 14.5. The number of amides is 2. The molecule has 15 heteroatoms. The van der Waals surface area contributed by atoms with Crippen molar-refractivity contribution in [2.45, 2.75) is 103 Å². The lowest BCUT2D eigenvalue weighted by molar-refractivity contribution is -0.170. The molecule has 7 aromatic rings. The Bertz CT molecular complexity index is 3220. The summed E-state index contributed by atoms with van der Waals surface area (Å²) in [5, 5.41) is 3.09. The van der Waals surface area contributed by atoms with Crippen LogP contribution >= 0.6 is 0 Å². The molecule has 3 heterocycles. The molecule has 0 spiro atoms. The number of nitrogens with zero attached hydrogens (tertiary/aromatic N) is 2. The first-order valence-electron chi connectivity index (χ1n) is 26.3. The van der Waals surface area contributed by atoms with Crippen molar-refractivity contribution in [2.75, 3.05) is 16.8 Å². The van der Waals surface area contributed by atoms with E-state index >= 15 is 0 Å². The Labute approximate surface area is 451 Å². The fourth-order valence-electron chi connectivity index (χ4n) is 10.6. The summed E-state index contributed by atoms with van der Waals surface area (Å²) < 4.78 is 67.6. The average Bonchev–Trinajstić information content (AvgIpc) is 3.98. The van der Waals surface area contributed by atoms with Gasteiger partial charge in [0.1, 0.15) is 41.5 Å². The van der Waals surface area contributed by atoms with E-state index in [1.807, 2.05) is 86.6 Å². The Balaban J connectivity index is 0.834. The van der Waals surface area contributed by atoms with Crippen molar-refractivity contribution in [3.05, 3.63) is 198 Å². The minimum Gasteiger partial charge on any atom is -0.494 e. The summed E-state index contributed by atoms with van der Waals surface area (Å²) in [6.07, 6.45) is -0.544. The molecule has 2 saturated heterocycles. The van der Waals surface area contributed by atoms with Crippen LogP contribution in [0.2, 0.25) is 0 Å². The van der Waals surface area contributed by atoms with Crippen LogP contribution in [-0.2, 0) is 39.9 Å². The first-order valence-corrected chi connectivity index (χ1v) is 26.3. The molecular formula is C63H60F3N3O9.